The number of imidazole rings is 1. The molecule has 17 heavy (non-hydrogen) atoms. The zero-order chi connectivity index (χ0) is 12.1. The minimum Gasteiger partial charge on any atom is -0.337 e. The number of thiophene rings is 1. The van der Waals surface area contributed by atoms with Crippen molar-refractivity contribution in [3.05, 3.63) is 39.5 Å². The Balaban J connectivity index is 1.68. The Morgan fingerprint density at radius 2 is 2.47 bits per heavy atom. The lowest BCUT2D eigenvalue weighted by Gasteiger charge is -2.12. The lowest BCUT2D eigenvalue weighted by molar-refractivity contribution is 0.446. The summed E-state index contributed by atoms with van der Waals surface area (Å²) in [5, 5.41) is 5.60. The van der Waals surface area contributed by atoms with Crippen LogP contribution < -0.4 is 5.32 Å². The standard InChI is InChI=1S/C12H16BrN3S/c1-10(7-16-3-2-14-9-16)5-15-6-12-4-11(13)8-17-12/h2-4,8-10,15H,5-7H2,1H3. The monoisotopic (exact) mass is 313 g/mol. The molecule has 0 saturated carbocycles. The maximum absolute atomic E-state index is 4.04. The van der Waals surface area contributed by atoms with Crippen LogP contribution in [0.5, 0.6) is 0 Å². The quantitative estimate of drug-likeness (QED) is 0.888. The highest BCUT2D eigenvalue weighted by Crippen LogP contribution is 2.19. The molecule has 0 aliphatic carbocycles. The van der Waals surface area contributed by atoms with E-state index in [2.05, 4.69) is 49.2 Å². The van der Waals surface area contributed by atoms with Crippen LogP contribution >= 0.6 is 27.3 Å². The van der Waals surface area contributed by atoms with Crippen LogP contribution in [0.1, 0.15) is 11.8 Å². The van der Waals surface area contributed by atoms with Crippen LogP contribution in [0.2, 0.25) is 0 Å². The van der Waals surface area contributed by atoms with Gasteiger partial charge in [-0.25, -0.2) is 4.98 Å². The number of hydrogen-bond donors (Lipinski definition) is 1. The van der Waals surface area contributed by atoms with Gasteiger partial charge in [-0.1, -0.05) is 6.92 Å². The third kappa shape index (κ3) is 4.26. The number of aromatic nitrogens is 2. The van der Waals surface area contributed by atoms with E-state index in [9.17, 15) is 0 Å². The third-order valence-electron chi connectivity index (χ3n) is 2.50. The Bertz CT molecular complexity index is 438. The van der Waals surface area contributed by atoms with Crippen LogP contribution in [-0.4, -0.2) is 16.1 Å². The van der Waals surface area contributed by atoms with E-state index in [4.69, 9.17) is 0 Å². The van der Waals surface area contributed by atoms with Crippen LogP contribution in [0, 0.1) is 5.92 Å². The van der Waals surface area contributed by atoms with E-state index < -0.39 is 0 Å². The van der Waals surface area contributed by atoms with Gasteiger partial charge in [0.05, 0.1) is 6.33 Å². The molecule has 2 aromatic heterocycles. The second kappa shape index (κ2) is 6.33. The van der Waals surface area contributed by atoms with Crippen molar-refractivity contribution < 1.29 is 0 Å². The molecular weight excluding hydrogens is 298 g/mol. The summed E-state index contributed by atoms with van der Waals surface area (Å²) in [5.41, 5.74) is 0. The van der Waals surface area contributed by atoms with Gasteiger partial charge in [0.2, 0.25) is 0 Å². The fraction of sp³-hybridized carbons (Fsp3) is 0.417. The molecule has 0 aromatic carbocycles. The topological polar surface area (TPSA) is 29.9 Å². The molecule has 0 aliphatic heterocycles. The van der Waals surface area contributed by atoms with Crippen LogP contribution in [0.3, 0.4) is 0 Å². The normalized spacial score (nSPS) is 12.8. The lowest BCUT2D eigenvalue weighted by Crippen LogP contribution is -2.23. The molecule has 0 aliphatic rings. The summed E-state index contributed by atoms with van der Waals surface area (Å²) in [6.45, 7) is 5.23. The van der Waals surface area contributed by atoms with E-state index in [1.165, 1.54) is 9.35 Å². The molecule has 1 N–H and O–H groups in total. The first-order valence-electron chi connectivity index (χ1n) is 5.63. The molecule has 0 bridgehead atoms. The third-order valence-corrected chi connectivity index (χ3v) is 4.19. The second-order valence-corrected chi connectivity index (χ2v) is 6.14. The largest absolute Gasteiger partial charge is 0.337 e. The van der Waals surface area contributed by atoms with Gasteiger partial charge in [0, 0.05) is 40.2 Å². The van der Waals surface area contributed by atoms with Crippen LogP contribution in [0.4, 0.5) is 0 Å². The van der Waals surface area contributed by atoms with Gasteiger partial charge in [0.15, 0.2) is 0 Å². The zero-order valence-corrected chi connectivity index (χ0v) is 12.2. The number of halogens is 1. The summed E-state index contributed by atoms with van der Waals surface area (Å²) in [5.74, 6) is 0.604. The second-order valence-electron chi connectivity index (χ2n) is 4.23. The SMILES string of the molecule is CC(CNCc1cc(Br)cs1)Cn1ccnc1. The van der Waals surface area contributed by atoms with Crippen molar-refractivity contribution in [1.29, 1.82) is 0 Å². The lowest BCUT2D eigenvalue weighted by atomic mass is 10.2. The Morgan fingerprint density at radius 3 is 3.12 bits per heavy atom. The zero-order valence-electron chi connectivity index (χ0n) is 9.77. The van der Waals surface area contributed by atoms with E-state index in [0.717, 1.165) is 19.6 Å². The first kappa shape index (κ1) is 12.8. The molecule has 3 nitrogen and oxygen atoms in total. The highest BCUT2D eigenvalue weighted by Gasteiger charge is 2.03. The maximum Gasteiger partial charge on any atom is 0.0946 e. The predicted octanol–water partition coefficient (Wildman–Crippen LogP) is 3.13. The highest BCUT2D eigenvalue weighted by atomic mass is 79.9. The molecule has 2 heterocycles. The number of rotatable bonds is 6. The van der Waals surface area contributed by atoms with Gasteiger partial charge >= 0.3 is 0 Å². The molecule has 1 unspecified atom stereocenters. The molecule has 5 heteroatoms. The average molecular weight is 314 g/mol. The smallest absolute Gasteiger partial charge is 0.0946 e. The van der Waals surface area contributed by atoms with Crippen molar-refractivity contribution >= 4 is 27.3 Å². The fourth-order valence-corrected chi connectivity index (χ4v) is 3.13. The Kier molecular flexibility index (Phi) is 4.76. The van der Waals surface area contributed by atoms with Crippen LogP contribution in [0.25, 0.3) is 0 Å². The minimum absolute atomic E-state index is 0.604. The summed E-state index contributed by atoms with van der Waals surface area (Å²) < 4.78 is 3.29. The highest BCUT2D eigenvalue weighted by molar-refractivity contribution is 9.10. The van der Waals surface area contributed by atoms with E-state index in [-0.39, 0.29) is 0 Å². The molecule has 92 valence electrons. The van der Waals surface area contributed by atoms with E-state index in [1.54, 1.807) is 11.3 Å². The van der Waals surface area contributed by atoms with Crippen LogP contribution in [-0.2, 0) is 13.1 Å². The van der Waals surface area contributed by atoms with Crippen molar-refractivity contribution in [2.45, 2.75) is 20.0 Å². The summed E-state index contributed by atoms with van der Waals surface area (Å²) >= 11 is 5.25. The first-order valence-corrected chi connectivity index (χ1v) is 7.30. The van der Waals surface area contributed by atoms with Crippen molar-refractivity contribution in [2.75, 3.05) is 6.54 Å². The van der Waals surface area contributed by atoms with Gasteiger partial charge in [-0.15, -0.1) is 11.3 Å². The first-order chi connectivity index (χ1) is 8.24. The number of hydrogen-bond acceptors (Lipinski definition) is 3. The Hall–Kier alpha value is -0.650. The predicted molar refractivity (Wildman–Crippen MR) is 75.1 cm³/mol. The molecule has 2 rings (SSSR count). The molecule has 0 fully saturated rings. The number of nitrogens with one attached hydrogen (secondary N) is 1. The van der Waals surface area contributed by atoms with Crippen molar-refractivity contribution in [2.24, 2.45) is 5.92 Å². The van der Waals surface area contributed by atoms with E-state index in [1.807, 2.05) is 18.7 Å². The Morgan fingerprint density at radius 1 is 1.59 bits per heavy atom. The summed E-state index contributed by atoms with van der Waals surface area (Å²) in [4.78, 5) is 5.41. The molecular formula is C12H16BrN3S. The van der Waals surface area contributed by atoms with Crippen molar-refractivity contribution in [3.8, 4) is 0 Å². The molecule has 0 saturated heterocycles. The maximum atomic E-state index is 4.04. The van der Waals surface area contributed by atoms with Crippen molar-refractivity contribution in [1.82, 2.24) is 14.9 Å². The summed E-state index contributed by atoms with van der Waals surface area (Å²) in [7, 11) is 0. The molecule has 0 amide bonds. The van der Waals surface area contributed by atoms with Gasteiger partial charge in [-0.3, -0.25) is 0 Å². The van der Waals surface area contributed by atoms with Crippen molar-refractivity contribution in [3.63, 3.8) is 0 Å². The van der Waals surface area contributed by atoms with E-state index >= 15 is 0 Å². The average Bonchev–Trinajstić information content (AvgIpc) is 2.90. The fourth-order valence-electron chi connectivity index (χ4n) is 1.71. The van der Waals surface area contributed by atoms with Gasteiger partial charge in [-0.2, -0.15) is 0 Å². The molecule has 2 aromatic rings. The van der Waals surface area contributed by atoms with Crippen LogP contribution in [0.15, 0.2) is 34.6 Å². The van der Waals surface area contributed by atoms with Gasteiger partial charge < -0.3 is 9.88 Å². The molecule has 0 radical (unpaired) electrons. The van der Waals surface area contributed by atoms with E-state index in [0.29, 0.717) is 5.92 Å². The molecule has 0 spiro atoms. The van der Waals surface area contributed by atoms with Gasteiger partial charge in [0.1, 0.15) is 0 Å². The molecule has 1 atom stereocenters. The van der Waals surface area contributed by atoms with Gasteiger partial charge in [-0.05, 0) is 34.5 Å². The Labute approximate surface area is 114 Å². The summed E-state index contributed by atoms with van der Waals surface area (Å²) in [6.07, 6.45) is 5.70. The minimum atomic E-state index is 0.604. The van der Waals surface area contributed by atoms with Gasteiger partial charge in [0.25, 0.3) is 0 Å². The summed E-state index contributed by atoms with van der Waals surface area (Å²) in [6, 6.07) is 2.16. The number of nitrogens with zero attached hydrogens (tertiary/aromatic N) is 2.